The summed E-state index contributed by atoms with van der Waals surface area (Å²) in [6.45, 7) is 6.24. The van der Waals surface area contributed by atoms with Crippen molar-refractivity contribution >= 4 is 5.91 Å². The van der Waals surface area contributed by atoms with Crippen LogP contribution < -0.4 is 4.74 Å². The van der Waals surface area contributed by atoms with Crippen LogP contribution in [0.15, 0.2) is 36.4 Å². The molecule has 2 aliphatic heterocycles. The largest absolute Gasteiger partial charge is 0.490 e. The minimum Gasteiger partial charge on any atom is -0.490 e. The zero-order valence-electron chi connectivity index (χ0n) is 21.0. The maximum atomic E-state index is 14.8. The Morgan fingerprint density at radius 1 is 1.03 bits per heavy atom. The number of β-amino-alcohol motifs (C(OH)–C–C–N with tert-alkyl or cyclic N) is 1. The Morgan fingerprint density at radius 3 is 2.31 bits per heavy atom. The van der Waals surface area contributed by atoms with E-state index >= 15 is 0 Å². The van der Waals surface area contributed by atoms with Crippen LogP contribution in [0.2, 0.25) is 0 Å². The predicted molar refractivity (Wildman–Crippen MR) is 133 cm³/mol. The highest BCUT2D eigenvalue weighted by atomic mass is 19.1. The van der Waals surface area contributed by atoms with Crippen LogP contribution in [0.25, 0.3) is 11.1 Å². The van der Waals surface area contributed by atoms with Crippen molar-refractivity contribution in [2.45, 2.75) is 51.3 Å². The minimum atomic E-state index is -1.22. The van der Waals surface area contributed by atoms with E-state index in [4.69, 9.17) is 4.74 Å². The van der Waals surface area contributed by atoms with Gasteiger partial charge in [0.2, 0.25) is 0 Å². The van der Waals surface area contributed by atoms with E-state index in [0.29, 0.717) is 43.7 Å². The summed E-state index contributed by atoms with van der Waals surface area (Å²) in [5, 5.41) is 9.80. The molecule has 1 N–H and O–H groups in total. The van der Waals surface area contributed by atoms with Gasteiger partial charge >= 0.3 is 0 Å². The lowest BCUT2D eigenvalue weighted by molar-refractivity contribution is 0.0470. The van der Waals surface area contributed by atoms with Gasteiger partial charge in [0.25, 0.3) is 5.91 Å². The smallest absolute Gasteiger partial charge is 0.256 e. The van der Waals surface area contributed by atoms with Crippen LogP contribution in [-0.2, 0) is 0 Å². The third kappa shape index (κ3) is 6.79. The van der Waals surface area contributed by atoms with E-state index in [1.54, 1.807) is 26.0 Å². The van der Waals surface area contributed by atoms with Gasteiger partial charge in [-0.1, -0.05) is 12.1 Å². The molecule has 2 heterocycles. The van der Waals surface area contributed by atoms with Crippen LogP contribution in [0.5, 0.6) is 5.75 Å². The number of alkyl halides is 1. The maximum Gasteiger partial charge on any atom is 0.256 e. The Hall–Kier alpha value is -2.58. The molecule has 2 fully saturated rings. The molecule has 2 aliphatic rings. The molecule has 196 valence electrons. The molecule has 0 saturated carbocycles. The van der Waals surface area contributed by atoms with Gasteiger partial charge in [-0.2, -0.15) is 0 Å². The van der Waals surface area contributed by atoms with Gasteiger partial charge < -0.3 is 19.6 Å². The fourth-order valence-corrected chi connectivity index (χ4v) is 5.03. The van der Waals surface area contributed by atoms with Gasteiger partial charge in [0, 0.05) is 19.6 Å². The first kappa shape index (κ1) is 26.5. The molecule has 8 heteroatoms. The second-order valence-electron chi connectivity index (χ2n) is 10.6. The number of nitrogens with zero attached hydrogens (tertiary/aromatic N) is 2. The summed E-state index contributed by atoms with van der Waals surface area (Å²) < 4.78 is 49.2. The van der Waals surface area contributed by atoms with Gasteiger partial charge in [0.05, 0.1) is 18.3 Å². The average molecular weight is 505 g/mol. The van der Waals surface area contributed by atoms with Gasteiger partial charge in [0.15, 0.2) is 11.6 Å². The molecule has 5 nitrogen and oxygen atoms in total. The van der Waals surface area contributed by atoms with Gasteiger partial charge in [-0.15, -0.1) is 0 Å². The van der Waals surface area contributed by atoms with Crippen LogP contribution in [0.1, 0.15) is 49.9 Å². The Bertz CT molecular complexity index is 1060. The Morgan fingerprint density at radius 2 is 1.69 bits per heavy atom. The molecule has 0 radical (unpaired) electrons. The van der Waals surface area contributed by atoms with Gasteiger partial charge in [0.1, 0.15) is 11.5 Å². The minimum absolute atomic E-state index is 0.0607. The number of aliphatic hydroxyl groups excluding tert-OH is 1. The van der Waals surface area contributed by atoms with Crippen LogP contribution in [-0.4, -0.2) is 71.9 Å². The second kappa shape index (κ2) is 11.2. The Labute approximate surface area is 210 Å². The SMILES string of the molecule is CC(C)(F)CN1CCC(COc2ccc(-c3ccc(C(=O)N4CCC[C@H](O)C4)c(F)c3)cc2F)CC1. The van der Waals surface area contributed by atoms with Crippen LogP contribution in [0.3, 0.4) is 0 Å². The molecule has 2 aromatic carbocycles. The number of aliphatic hydroxyl groups is 1. The van der Waals surface area contributed by atoms with Gasteiger partial charge in [-0.3, -0.25) is 4.79 Å². The van der Waals surface area contributed by atoms with Crippen LogP contribution >= 0.6 is 0 Å². The third-order valence-electron chi connectivity index (χ3n) is 6.93. The summed E-state index contributed by atoms with van der Waals surface area (Å²) in [5.41, 5.74) is -0.344. The molecule has 0 bridgehead atoms. The fourth-order valence-electron chi connectivity index (χ4n) is 5.03. The lowest BCUT2D eigenvalue weighted by atomic mass is 9.96. The summed E-state index contributed by atoms with van der Waals surface area (Å²) >= 11 is 0. The van der Waals surface area contributed by atoms with E-state index in [2.05, 4.69) is 4.90 Å². The normalized spacial score (nSPS) is 19.9. The predicted octanol–water partition coefficient (Wildman–Crippen LogP) is 5.07. The van der Waals surface area contributed by atoms with Crippen molar-refractivity contribution in [1.82, 2.24) is 9.80 Å². The molecule has 2 saturated heterocycles. The highest BCUT2D eigenvalue weighted by Crippen LogP contribution is 2.29. The molecule has 2 aromatic rings. The third-order valence-corrected chi connectivity index (χ3v) is 6.93. The summed E-state index contributed by atoms with van der Waals surface area (Å²) in [5.74, 6) is -1.25. The molecular weight excluding hydrogens is 469 g/mol. The number of carbonyl (C=O) groups is 1. The molecule has 0 aliphatic carbocycles. The zero-order valence-corrected chi connectivity index (χ0v) is 21.0. The quantitative estimate of drug-likeness (QED) is 0.572. The molecule has 0 unspecified atom stereocenters. The second-order valence-corrected chi connectivity index (χ2v) is 10.6. The summed E-state index contributed by atoms with van der Waals surface area (Å²) in [7, 11) is 0. The van der Waals surface area contributed by atoms with E-state index in [-0.39, 0.29) is 23.8 Å². The van der Waals surface area contributed by atoms with Crippen molar-refractivity contribution in [3.63, 3.8) is 0 Å². The molecule has 4 rings (SSSR count). The van der Waals surface area contributed by atoms with Crippen LogP contribution in [0.4, 0.5) is 13.2 Å². The molecule has 0 spiro atoms. The fraction of sp³-hybridized carbons (Fsp3) is 0.536. The number of carbonyl (C=O) groups excluding carboxylic acids is 1. The van der Waals surface area contributed by atoms with Crippen molar-refractivity contribution in [3.05, 3.63) is 53.6 Å². The number of likely N-dealkylation sites (tertiary alicyclic amines) is 2. The van der Waals surface area contributed by atoms with E-state index in [1.807, 2.05) is 0 Å². The Kier molecular flexibility index (Phi) is 8.25. The highest BCUT2D eigenvalue weighted by Gasteiger charge is 2.27. The van der Waals surface area contributed by atoms with Crippen molar-refractivity contribution in [1.29, 1.82) is 0 Å². The number of halogens is 3. The number of amides is 1. The Balaban J connectivity index is 1.34. The van der Waals surface area contributed by atoms with Crippen LogP contribution in [0, 0.1) is 17.6 Å². The van der Waals surface area contributed by atoms with Gasteiger partial charge in [-0.05, 0) is 93.9 Å². The summed E-state index contributed by atoms with van der Waals surface area (Å²) in [6, 6.07) is 8.75. The summed E-state index contributed by atoms with van der Waals surface area (Å²) in [6.07, 6.45) is 2.47. The highest BCUT2D eigenvalue weighted by molar-refractivity contribution is 5.95. The molecule has 0 aromatic heterocycles. The first-order chi connectivity index (χ1) is 17.1. The van der Waals surface area contributed by atoms with E-state index in [9.17, 15) is 23.1 Å². The zero-order chi connectivity index (χ0) is 25.9. The summed E-state index contributed by atoms with van der Waals surface area (Å²) in [4.78, 5) is 16.2. The standard InChI is InChI=1S/C28H35F3N2O3/c1-28(2,31)18-32-12-9-19(10-13-32)17-36-26-8-6-21(15-25(26)30)20-5-7-23(24(29)14-20)27(35)33-11-3-4-22(34)16-33/h5-8,14-15,19,22,34H,3-4,9-13,16-18H2,1-2H3/t22-/m0/s1. The number of hydrogen-bond donors (Lipinski definition) is 1. The lowest BCUT2D eigenvalue weighted by Gasteiger charge is -2.34. The lowest BCUT2D eigenvalue weighted by Crippen LogP contribution is -2.42. The number of rotatable bonds is 7. The van der Waals surface area contributed by atoms with Gasteiger partial charge in [-0.25, -0.2) is 13.2 Å². The van der Waals surface area contributed by atoms with Crippen molar-refractivity contribution in [2.24, 2.45) is 5.92 Å². The molecule has 36 heavy (non-hydrogen) atoms. The molecular formula is C28H35F3N2O3. The number of benzene rings is 2. The number of ether oxygens (including phenoxy) is 1. The average Bonchev–Trinajstić information content (AvgIpc) is 2.83. The van der Waals surface area contributed by atoms with E-state index in [1.165, 1.54) is 29.2 Å². The monoisotopic (exact) mass is 504 g/mol. The topological polar surface area (TPSA) is 53.0 Å². The first-order valence-electron chi connectivity index (χ1n) is 12.7. The molecule has 1 amide bonds. The number of hydrogen-bond acceptors (Lipinski definition) is 4. The maximum absolute atomic E-state index is 14.8. The number of piperidine rings is 2. The van der Waals surface area contributed by atoms with E-state index < -0.39 is 29.3 Å². The van der Waals surface area contributed by atoms with Crippen molar-refractivity contribution in [2.75, 3.05) is 39.3 Å². The first-order valence-corrected chi connectivity index (χ1v) is 12.7. The van der Waals surface area contributed by atoms with Crippen molar-refractivity contribution < 1.29 is 27.8 Å². The van der Waals surface area contributed by atoms with E-state index in [0.717, 1.165) is 25.9 Å². The molecule has 1 atom stereocenters. The van der Waals surface area contributed by atoms with Crippen molar-refractivity contribution in [3.8, 4) is 16.9 Å².